The molecule has 104 valence electrons. The summed E-state index contributed by atoms with van der Waals surface area (Å²) in [7, 11) is 0. The van der Waals surface area contributed by atoms with E-state index in [1.165, 1.54) is 0 Å². The summed E-state index contributed by atoms with van der Waals surface area (Å²) < 4.78 is 27.3. The van der Waals surface area contributed by atoms with Crippen LogP contribution in [0, 0.1) is 25.5 Å². The highest BCUT2D eigenvalue weighted by Gasteiger charge is 2.20. The highest BCUT2D eigenvalue weighted by molar-refractivity contribution is 6.04. The molecule has 2 aromatic rings. The molecule has 20 heavy (non-hydrogen) atoms. The maximum atomic E-state index is 13.7. The summed E-state index contributed by atoms with van der Waals surface area (Å²) in [5.74, 6) is -2.75. The molecule has 0 saturated carbocycles. The summed E-state index contributed by atoms with van der Waals surface area (Å²) in [6, 6.07) is 5.43. The molecular formula is C14H13F2N3O. The van der Waals surface area contributed by atoms with Gasteiger partial charge in [-0.1, -0.05) is 0 Å². The highest BCUT2D eigenvalue weighted by Crippen LogP contribution is 2.20. The maximum Gasteiger partial charge on any atom is 0.262 e. The van der Waals surface area contributed by atoms with Crippen LogP contribution in [0.5, 0.6) is 0 Å². The van der Waals surface area contributed by atoms with E-state index in [-0.39, 0.29) is 11.5 Å². The van der Waals surface area contributed by atoms with E-state index in [1.54, 1.807) is 13.0 Å². The predicted octanol–water partition coefficient (Wildman–Crippen LogP) is 2.81. The Morgan fingerprint density at radius 2 is 1.95 bits per heavy atom. The SMILES string of the molecule is Cc1cc(C)nc(NC(=O)c2c(F)ccc(N)c2F)c1. The normalized spacial score (nSPS) is 10.4. The first kappa shape index (κ1) is 13.9. The van der Waals surface area contributed by atoms with Crippen LogP contribution in [0.25, 0.3) is 0 Å². The first-order valence-corrected chi connectivity index (χ1v) is 5.88. The van der Waals surface area contributed by atoms with Gasteiger partial charge in [0.1, 0.15) is 17.2 Å². The number of benzene rings is 1. The van der Waals surface area contributed by atoms with Crippen LogP contribution >= 0.6 is 0 Å². The number of pyridine rings is 1. The fourth-order valence-electron chi connectivity index (χ4n) is 1.86. The highest BCUT2D eigenvalue weighted by atomic mass is 19.1. The van der Waals surface area contributed by atoms with E-state index in [4.69, 9.17) is 5.73 Å². The summed E-state index contributed by atoms with van der Waals surface area (Å²) in [6.45, 7) is 3.58. The molecule has 2 rings (SSSR count). The molecule has 0 radical (unpaired) electrons. The van der Waals surface area contributed by atoms with Gasteiger partial charge in [-0.05, 0) is 43.7 Å². The third kappa shape index (κ3) is 2.74. The van der Waals surface area contributed by atoms with Gasteiger partial charge in [0.2, 0.25) is 0 Å². The molecule has 0 atom stereocenters. The zero-order valence-corrected chi connectivity index (χ0v) is 11.0. The summed E-state index contributed by atoms with van der Waals surface area (Å²) in [6.07, 6.45) is 0. The van der Waals surface area contributed by atoms with E-state index in [2.05, 4.69) is 10.3 Å². The van der Waals surface area contributed by atoms with Crippen LogP contribution in [0.15, 0.2) is 24.3 Å². The third-order valence-electron chi connectivity index (χ3n) is 2.69. The Morgan fingerprint density at radius 3 is 2.60 bits per heavy atom. The van der Waals surface area contributed by atoms with Crippen LogP contribution in [-0.4, -0.2) is 10.9 Å². The lowest BCUT2D eigenvalue weighted by atomic mass is 10.1. The molecule has 0 aliphatic rings. The van der Waals surface area contributed by atoms with E-state index >= 15 is 0 Å². The lowest BCUT2D eigenvalue weighted by Gasteiger charge is -2.09. The Labute approximate surface area is 114 Å². The Bertz CT molecular complexity index is 666. The van der Waals surface area contributed by atoms with Crippen molar-refractivity contribution < 1.29 is 13.6 Å². The van der Waals surface area contributed by atoms with E-state index in [0.29, 0.717) is 5.69 Å². The van der Waals surface area contributed by atoms with Gasteiger partial charge in [-0.15, -0.1) is 0 Å². The van der Waals surface area contributed by atoms with Gasteiger partial charge in [0.25, 0.3) is 5.91 Å². The van der Waals surface area contributed by atoms with Gasteiger partial charge in [0, 0.05) is 5.69 Å². The maximum absolute atomic E-state index is 13.7. The number of aromatic nitrogens is 1. The van der Waals surface area contributed by atoms with Gasteiger partial charge in [-0.3, -0.25) is 4.79 Å². The zero-order chi connectivity index (χ0) is 14.9. The van der Waals surface area contributed by atoms with Crippen molar-refractivity contribution in [3.8, 4) is 0 Å². The first-order valence-electron chi connectivity index (χ1n) is 5.88. The van der Waals surface area contributed by atoms with Crippen molar-refractivity contribution in [1.82, 2.24) is 4.98 Å². The average Bonchev–Trinajstić information content (AvgIpc) is 2.33. The number of nitrogen functional groups attached to an aromatic ring is 1. The number of halogens is 2. The minimum Gasteiger partial charge on any atom is -0.396 e. The lowest BCUT2D eigenvalue weighted by molar-refractivity contribution is 0.101. The van der Waals surface area contributed by atoms with Gasteiger partial charge in [-0.2, -0.15) is 0 Å². The van der Waals surface area contributed by atoms with Crippen LogP contribution in [-0.2, 0) is 0 Å². The molecule has 0 bridgehead atoms. The fourth-order valence-corrected chi connectivity index (χ4v) is 1.86. The number of hydrogen-bond donors (Lipinski definition) is 2. The van der Waals surface area contributed by atoms with Crippen molar-refractivity contribution >= 4 is 17.4 Å². The molecule has 1 heterocycles. The van der Waals surface area contributed by atoms with E-state index < -0.39 is 23.1 Å². The van der Waals surface area contributed by atoms with Crippen LogP contribution < -0.4 is 11.1 Å². The van der Waals surface area contributed by atoms with Crippen molar-refractivity contribution in [2.24, 2.45) is 0 Å². The van der Waals surface area contributed by atoms with E-state index in [0.717, 1.165) is 17.7 Å². The molecule has 1 aromatic heterocycles. The molecule has 0 spiro atoms. The molecule has 0 saturated heterocycles. The third-order valence-corrected chi connectivity index (χ3v) is 2.69. The number of amides is 1. The average molecular weight is 277 g/mol. The van der Waals surface area contributed by atoms with Crippen molar-refractivity contribution in [1.29, 1.82) is 0 Å². The molecule has 0 aliphatic carbocycles. The first-order chi connectivity index (χ1) is 9.38. The topological polar surface area (TPSA) is 68.0 Å². The van der Waals surface area contributed by atoms with Gasteiger partial charge in [0.05, 0.1) is 5.69 Å². The molecular weight excluding hydrogens is 264 g/mol. The van der Waals surface area contributed by atoms with Crippen molar-refractivity contribution in [2.45, 2.75) is 13.8 Å². The molecule has 6 heteroatoms. The number of carbonyl (C=O) groups excluding carboxylic acids is 1. The molecule has 0 aliphatic heterocycles. The number of nitrogens with zero attached hydrogens (tertiary/aromatic N) is 1. The van der Waals surface area contributed by atoms with E-state index in [1.807, 2.05) is 13.0 Å². The van der Waals surface area contributed by atoms with Gasteiger partial charge < -0.3 is 11.1 Å². The quantitative estimate of drug-likeness (QED) is 0.829. The van der Waals surface area contributed by atoms with Gasteiger partial charge in [0.15, 0.2) is 5.82 Å². The standard InChI is InChI=1S/C14H13F2N3O/c1-7-5-8(2)18-11(6-7)19-14(20)12-9(15)3-4-10(17)13(12)16/h3-6H,17H2,1-2H3,(H,18,19,20). The van der Waals surface area contributed by atoms with Crippen LogP contribution in [0.3, 0.4) is 0 Å². The second kappa shape index (κ2) is 5.24. The summed E-state index contributed by atoms with van der Waals surface area (Å²) in [5, 5.41) is 2.36. The Hall–Kier alpha value is -2.50. The molecule has 1 aromatic carbocycles. The van der Waals surface area contributed by atoms with Gasteiger partial charge >= 0.3 is 0 Å². The Morgan fingerprint density at radius 1 is 1.25 bits per heavy atom. The summed E-state index contributed by atoms with van der Waals surface area (Å²) in [5.41, 5.74) is 5.89. The number of nitrogens with one attached hydrogen (secondary N) is 1. The molecule has 3 N–H and O–H groups in total. The summed E-state index contributed by atoms with van der Waals surface area (Å²) >= 11 is 0. The monoisotopic (exact) mass is 277 g/mol. The van der Waals surface area contributed by atoms with Crippen molar-refractivity contribution in [3.63, 3.8) is 0 Å². The number of rotatable bonds is 2. The fraction of sp³-hybridized carbons (Fsp3) is 0.143. The minimum atomic E-state index is -1.08. The van der Waals surface area contributed by atoms with Crippen LogP contribution in [0.2, 0.25) is 0 Å². The van der Waals surface area contributed by atoms with Crippen molar-refractivity contribution in [3.05, 3.63) is 52.7 Å². The van der Waals surface area contributed by atoms with Gasteiger partial charge in [-0.25, -0.2) is 13.8 Å². The number of carbonyl (C=O) groups is 1. The van der Waals surface area contributed by atoms with Crippen LogP contribution in [0.1, 0.15) is 21.6 Å². The molecule has 0 fully saturated rings. The zero-order valence-electron chi connectivity index (χ0n) is 11.0. The number of nitrogens with two attached hydrogens (primary N) is 1. The lowest BCUT2D eigenvalue weighted by Crippen LogP contribution is -2.17. The largest absolute Gasteiger partial charge is 0.396 e. The number of anilines is 2. The second-order valence-electron chi connectivity index (χ2n) is 4.45. The Kier molecular flexibility index (Phi) is 3.65. The van der Waals surface area contributed by atoms with E-state index in [9.17, 15) is 13.6 Å². The van der Waals surface area contributed by atoms with Crippen molar-refractivity contribution in [2.75, 3.05) is 11.1 Å². The molecule has 4 nitrogen and oxygen atoms in total. The van der Waals surface area contributed by atoms with Crippen LogP contribution in [0.4, 0.5) is 20.3 Å². The number of aryl methyl sites for hydroxylation is 2. The smallest absolute Gasteiger partial charge is 0.262 e. The summed E-state index contributed by atoms with van der Waals surface area (Å²) in [4.78, 5) is 16.0. The molecule has 1 amide bonds. The second-order valence-corrected chi connectivity index (χ2v) is 4.45. The predicted molar refractivity (Wildman–Crippen MR) is 72.4 cm³/mol. The number of hydrogen-bond acceptors (Lipinski definition) is 3. The minimum absolute atomic E-state index is 0.230. The Balaban J connectivity index is 2.35. The molecule has 0 unspecified atom stereocenters.